The highest BCUT2D eigenvalue weighted by Gasteiger charge is 2.17. The van der Waals surface area contributed by atoms with Crippen LogP contribution in [0.15, 0.2) is 104 Å². The molecule has 0 aliphatic carbocycles. The van der Waals surface area contributed by atoms with E-state index in [0.29, 0.717) is 11.2 Å². The zero-order valence-corrected chi connectivity index (χ0v) is 18.4. The molecule has 0 radical (unpaired) electrons. The predicted octanol–water partition coefficient (Wildman–Crippen LogP) is 6.65. The van der Waals surface area contributed by atoms with Gasteiger partial charge in [0, 0.05) is 33.4 Å². The first-order chi connectivity index (χ1) is 15.2. The van der Waals surface area contributed by atoms with Crippen molar-refractivity contribution in [2.24, 2.45) is 0 Å². The van der Waals surface area contributed by atoms with Gasteiger partial charge in [-0.15, -0.1) is 0 Å². The van der Waals surface area contributed by atoms with Gasteiger partial charge >= 0.3 is 0 Å². The molecule has 5 aromatic rings. The Hall–Kier alpha value is -3.35. The Kier molecular flexibility index (Phi) is 5.32. The summed E-state index contributed by atoms with van der Waals surface area (Å²) in [5.74, 6) is 0.715. The summed E-state index contributed by atoms with van der Waals surface area (Å²) in [7, 11) is 0. The molecule has 0 aliphatic rings. The number of nitrogens with one attached hydrogen (secondary N) is 1. The summed E-state index contributed by atoms with van der Waals surface area (Å²) in [6.07, 6.45) is 0. The van der Waals surface area contributed by atoms with Crippen LogP contribution in [0.1, 0.15) is 5.69 Å². The van der Waals surface area contributed by atoms with Crippen molar-refractivity contribution in [3.05, 3.63) is 106 Å². The van der Waals surface area contributed by atoms with Crippen LogP contribution in [0.4, 0.5) is 11.5 Å². The van der Waals surface area contributed by atoms with Crippen LogP contribution in [-0.2, 0) is 0 Å². The molecule has 4 nitrogen and oxygen atoms in total. The molecule has 0 spiro atoms. The first-order valence-corrected chi connectivity index (χ1v) is 11.6. The molecule has 0 unspecified atom stereocenters. The van der Waals surface area contributed by atoms with Gasteiger partial charge < -0.3 is 5.32 Å². The van der Waals surface area contributed by atoms with Gasteiger partial charge in [-0.2, -0.15) is 11.3 Å². The monoisotopic (exact) mass is 441 g/mol. The average molecular weight is 442 g/mol. The Labute approximate surface area is 188 Å². The highest BCUT2D eigenvalue weighted by Crippen LogP contribution is 2.34. The minimum absolute atomic E-state index is 0.0501. The number of rotatable bonds is 5. The number of pyridine rings is 2. The summed E-state index contributed by atoms with van der Waals surface area (Å²) in [4.78, 5) is 19.1. The molecule has 5 rings (SSSR count). The van der Waals surface area contributed by atoms with Crippen molar-refractivity contribution in [3.8, 4) is 5.69 Å². The van der Waals surface area contributed by atoms with Gasteiger partial charge in [0.2, 0.25) is 0 Å². The lowest BCUT2D eigenvalue weighted by Crippen LogP contribution is -2.14. The smallest absolute Gasteiger partial charge is 0.194 e. The van der Waals surface area contributed by atoms with Crippen LogP contribution in [-0.4, -0.2) is 9.55 Å². The van der Waals surface area contributed by atoms with Gasteiger partial charge in [-0.25, -0.2) is 4.98 Å². The molecule has 1 N–H and O–H groups in total. The van der Waals surface area contributed by atoms with E-state index in [0.717, 1.165) is 32.5 Å². The second-order valence-electron chi connectivity index (χ2n) is 7.08. The average Bonchev–Trinajstić information content (AvgIpc) is 3.28. The molecule has 0 aliphatic heterocycles. The van der Waals surface area contributed by atoms with Crippen LogP contribution in [0.5, 0.6) is 0 Å². The summed E-state index contributed by atoms with van der Waals surface area (Å²) in [5.41, 5.74) is 3.55. The third-order valence-electron chi connectivity index (χ3n) is 4.86. The summed E-state index contributed by atoms with van der Waals surface area (Å²) in [5, 5.41) is 8.89. The van der Waals surface area contributed by atoms with Gasteiger partial charge in [0.25, 0.3) is 0 Å². The van der Waals surface area contributed by atoms with Crippen LogP contribution < -0.4 is 10.7 Å². The third-order valence-corrected chi connectivity index (χ3v) is 6.67. The summed E-state index contributed by atoms with van der Waals surface area (Å²) in [6, 6.07) is 25.7. The molecule has 0 saturated carbocycles. The molecule has 152 valence electrons. The highest BCUT2D eigenvalue weighted by molar-refractivity contribution is 7.99. The normalized spacial score (nSPS) is 11.0. The van der Waals surface area contributed by atoms with Gasteiger partial charge in [-0.05, 0) is 48.7 Å². The summed E-state index contributed by atoms with van der Waals surface area (Å²) in [6.45, 7) is 1.97. The summed E-state index contributed by atoms with van der Waals surface area (Å²) < 4.78 is 2.09. The van der Waals surface area contributed by atoms with E-state index in [-0.39, 0.29) is 5.43 Å². The zero-order chi connectivity index (χ0) is 21.2. The Morgan fingerprint density at radius 1 is 0.968 bits per heavy atom. The van der Waals surface area contributed by atoms with E-state index in [9.17, 15) is 4.79 Å². The Morgan fingerprint density at radius 2 is 1.71 bits per heavy atom. The summed E-state index contributed by atoms with van der Waals surface area (Å²) >= 11 is 3.17. The molecule has 0 saturated heterocycles. The molecule has 3 aromatic heterocycles. The predicted molar refractivity (Wildman–Crippen MR) is 130 cm³/mol. The van der Waals surface area contributed by atoms with Gasteiger partial charge in [0.15, 0.2) is 5.43 Å². The lowest BCUT2D eigenvalue weighted by atomic mass is 10.2. The largest absolute Gasteiger partial charge is 0.341 e. The minimum Gasteiger partial charge on any atom is -0.341 e. The topological polar surface area (TPSA) is 46.9 Å². The molecule has 2 aromatic carbocycles. The van der Waals surface area contributed by atoms with E-state index < -0.39 is 0 Å². The van der Waals surface area contributed by atoms with E-state index in [4.69, 9.17) is 4.98 Å². The van der Waals surface area contributed by atoms with Gasteiger partial charge in [-0.3, -0.25) is 9.36 Å². The number of thiophene rings is 1. The molecule has 0 atom stereocenters. The maximum absolute atomic E-state index is 13.3. The van der Waals surface area contributed by atoms with Crippen LogP contribution >= 0.6 is 23.1 Å². The maximum Gasteiger partial charge on any atom is 0.194 e. The number of para-hydroxylation sites is 2. The van der Waals surface area contributed by atoms with Crippen LogP contribution in [0.3, 0.4) is 0 Å². The first-order valence-electron chi connectivity index (χ1n) is 9.84. The molecule has 0 amide bonds. The van der Waals surface area contributed by atoms with Gasteiger partial charge in [-0.1, -0.05) is 48.2 Å². The van der Waals surface area contributed by atoms with E-state index in [1.54, 1.807) is 17.4 Å². The molecule has 0 fully saturated rings. The van der Waals surface area contributed by atoms with Crippen molar-refractivity contribution in [1.82, 2.24) is 9.55 Å². The van der Waals surface area contributed by atoms with E-state index >= 15 is 0 Å². The fourth-order valence-corrected chi connectivity index (χ4v) is 5.36. The highest BCUT2D eigenvalue weighted by atomic mass is 32.2. The first kappa shape index (κ1) is 19.6. The van der Waals surface area contributed by atoms with Crippen molar-refractivity contribution in [3.63, 3.8) is 0 Å². The number of hydrogen-bond acceptors (Lipinski definition) is 5. The molecule has 6 heteroatoms. The number of aromatic nitrogens is 2. The fraction of sp³-hybridized carbons (Fsp3) is 0.0400. The Balaban J connectivity index is 1.79. The van der Waals surface area contributed by atoms with Crippen molar-refractivity contribution in [1.29, 1.82) is 0 Å². The van der Waals surface area contributed by atoms with E-state index in [1.807, 2.05) is 85.1 Å². The van der Waals surface area contributed by atoms with Crippen molar-refractivity contribution in [2.45, 2.75) is 16.8 Å². The lowest BCUT2D eigenvalue weighted by Gasteiger charge is -2.19. The Bertz CT molecular complexity index is 1400. The quantitative estimate of drug-likeness (QED) is 0.332. The Morgan fingerprint density at radius 3 is 2.42 bits per heavy atom. The van der Waals surface area contributed by atoms with E-state index in [2.05, 4.69) is 15.3 Å². The molecular weight excluding hydrogens is 422 g/mol. The minimum atomic E-state index is -0.0501. The number of hydrogen-bond donors (Lipinski definition) is 1. The van der Waals surface area contributed by atoms with Crippen molar-refractivity contribution >= 4 is 45.5 Å². The van der Waals surface area contributed by atoms with Crippen LogP contribution in [0, 0.1) is 6.92 Å². The van der Waals surface area contributed by atoms with Crippen molar-refractivity contribution < 1.29 is 0 Å². The third kappa shape index (κ3) is 4.00. The number of fused-ring (bicyclic) bond motifs is 1. The number of nitrogens with zero attached hydrogens (tertiary/aromatic N) is 2. The maximum atomic E-state index is 13.3. The number of anilines is 2. The second kappa shape index (κ2) is 8.41. The molecular formula is C25H19N3OS2. The van der Waals surface area contributed by atoms with Gasteiger partial charge in [0.1, 0.15) is 10.8 Å². The second-order valence-corrected chi connectivity index (χ2v) is 8.92. The molecule has 31 heavy (non-hydrogen) atoms. The fourth-order valence-electron chi connectivity index (χ4n) is 3.54. The zero-order valence-electron chi connectivity index (χ0n) is 16.8. The standard InChI is InChI=1S/C25H19N3OS2/c1-17-14-21-24(25(26-17)31-20-12-13-30-16-20)22(29)15-23(27-18-8-4-2-5-9-18)28(21)19-10-6-3-7-11-19/h2-16,27H,1H3. The lowest BCUT2D eigenvalue weighted by molar-refractivity contribution is 1.05. The van der Waals surface area contributed by atoms with E-state index in [1.165, 1.54) is 11.8 Å². The molecule has 0 bridgehead atoms. The molecule has 3 heterocycles. The number of aryl methyl sites for hydroxylation is 1. The SMILES string of the molecule is Cc1cc2c(c(Sc3ccsc3)n1)c(=O)cc(Nc1ccccc1)n2-c1ccccc1. The van der Waals surface area contributed by atoms with Crippen LogP contribution in [0.25, 0.3) is 16.6 Å². The van der Waals surface area contributed by atoms with Gasteiger partial charge in [0.05, 0.1) is 10.9 Å². The number of benzene rings is 2. The van der Waals surface area contributed by atoms with Crippen molar-refractivity contribution in [2.75, 3.05) is 5.32 Å². The van der Waals surface area contributed by atoms with Crippen LogP contribution in [0.2, 0.25) is 0 Å².